The second-order valence-electron chi connectivity index (χ2n) is 4.31. The number of halogens is 2. The molecule has 2 rings (SSSR count). The molecule has 0 atom stereocenters. The molecule has 0 saturated heterocycles. The monoisotopic (exact) mass is 384 g/mol. The molecule has 0 N–H and O–H groups in total. The third-order valence-corrected chi connectivity index (χ3v) is 3.70. The second kappa shape index (κ2) is 7.38. The molecule has 20 heavy (non-hydrogen) atoms. The van der Waals surface area contributed by atoms with E-state index < -0.39 is 0 Å². The molecule has 2 nitrogen and oxygen atoms in total. The number of ether oxygens (including phenoxy) is 1. The fourth-order valence-corrected chi connectivity index (χ4v) is 2.30. The van der Waals surface area contributed by atoms with Gasteiger partial charge in [-0.05, 0) is 65.4 Å². The van der Waals surface area contributed by atoms with E-state index in [1.54, 1.807) is 0 Å². The minimum absolute atomic E-state index is 0.0105. The van der Waals surface area contributed by atoms with Crippen molar-refractivity contribution in [2.45, 2.75) is 12.8 Å². The predicted molar refractivity (Wildman–Crippen MR) is 84.6 cm³/mol. The van der Waals surface area contributed by atoms with Crippen LogP contribution >= 0.6 is 22.6 Å². The first-order valence-electron chi connectivity index (χ1n) is 6.33. The van der Waals surface area contributed by atoms with Gasteiger partial charge in [-0.25, -0.2) is 4.39 Å². The van der Waals surface area contributed by atoms with Gasteiger partial charge in [-0.1, -0.05) is 12.1 Å². The first kappa shape index (κ1) is 15.0. The van der Waals surface area contributed by atoms with Crippen LogP contribution in [0.1, 0.15) is 23.2 Å². The van der Waals surface area contributed by atoms with E-state index in [9.17, 15) is 9.18 Å². The van der Waals surface area contributed by atoms with Crippen molar-refractivity contribution in [3.8, 4) is 5.75 Å². The highest BCUT2D eigenvalue weighted by atomic mass is 127. The summed E-state index contributed by atoms with van der Waals surface area (Å²) in [5, 5.41) is 0. The average molecular weight is 384 g/mol. The van der Waals surface area contributed by atoms with E-state index in [0.29, 0.717) is 25.0 Å². The molecule has 0 fully saturated rings. The van der Waals surface area contributed by atoms with E-state index in [1.165, 1.54) is 24.3 Å². The standard InChI is InChI=1S/C16H14FIO2/c17-13-9-7-12(8-10-13)15(19)5-3-11-20-16-6-2-1-4-14(16)18/h1-2,4,6-10H,3,5,11H2. The van der Waals surface area contributed by atoms with Gasteiger partial charge in [-0.15, -0.1) is 0 Å². The molecule has 2 aromatic carbocycles. The summed E-state index contributed by atoms with van der Waals surface area (Å²) in [4.78, 5) is 11.9. The Morgan fingerprint density at radius 2 is 1.80 bits per heavy atom. The Morgan fingerprint density at radius 3 is 2.50 bits per heavy atom. The molecule has 0 bridgehead atoms. The van der Waals surface area contributed by atoms with Gasteiger partial charge in [0.15, 0.2) is 5.78 Å². The van der Waals surface area contributed by atoms with Gasteiger partial charge in [0.1, 0.15) is 11.6 Å². The number of carbonyl (C=O) groups is 1. The summed E-state index contributed by atoms with van der Waals surface area (Å²) in [5.74, 6) is 0.516. The minimum atomic E-state index is -0.330. The Bertz CT molecular complexity index is 581. The minimum Gasteiger partial charge on any atom is -0.492 e. The lowest BCUT2D eigenvalue weighted by Crippen LogP contribution is -2.04. The van der Waals surface area contributed by atoms with Crippen molar-refractivity contribution < 1.29 is 13.9 Å². The number of hydrogen-bond acceptors (Lipinski definition) is 2. The van der Waals surface area contributed by atoms with Crippen molar-refractivity contribution in [2.24, 2.45) is 0 Å². The van der Waals surface area contributed by atoms with E-state index in [1.807, 2.05) is 24.3 Å². The van der Waals surface area contributed by atoms with E-state index in [4.69, 9.17) is 4.74 Å². The van der Waals surface area contributed by atoms with Gasteiger partial charge in [-0.2, -0.15) is 0 Å². The number of benzene rings is 2. The highest BCUT2D eigenvalue weighted by molar-refractivity contribution is 14.1. The van der Waals surface area contributed by atoms with Crippen LogP contribution in [0.15, 0.2) is 48.5 Å². The van der Waals surface area contributed by atoms with Gasteiger partial charge in [0.25, 0.3) is 0 Å². The van der Waals surface area contributed by atoms with Crippen molar-refractivity contribution in [2.75, 3.05) is 6.61 Å². The van der Waals surface area contributed by atoms with Crippen molar-refractivity contribution in [3.05, 3.63) is 63.5 Å². The molecule has 0 spiro atoms. The third kappa shape index (κ3) is 4.30. The van der Waals surface area contributed by atoms with Crippen molar-refractivity contribution >= 4 is 28.4 Å². The van der Waals surface area contributed by atoms with E-state index in [0.717, 1.165) is 9.32 Å². The SMILES string of the molecule is O=C(CCCOc1ccccc1I)c1ccc(F)cc1. The summed E-state index contributed by atoms with van der Waals surface area (Å²) in [5.41, 5.74) is 0.542. The molecular weight excluding hydrogens is 370 g/mol. The molecule has 0 unspecified atom stereocenters. The maximum atomic E-state index is 12.8. The van der Waals surface area contributed by atoms with Gasteiger partial charge in [0.05, 0.1) is 10.2 Å². The van der Waals surface area contributed by atoms with E-state index in [-0.39, 0.29) is 11.6 Å². The largest absolute Gasteiger partial charge is 0.492 e. The van der Waals surface area contributed by atoms with E-state index >= 15 is 0 Å². The molecule has 2 aromatic rings. The van der Waals surface area contributed by atoms with Crippen LogP contribution in [0.3, 0.4) is 0 Å². The Balaban J connectivity index is 1.77. The second-order valence-corrected chi connectivity index (χ2v) is 5.47. The van der Waals surface area contributed by atoms with Crippen LogP contribution in [0.2, 0.25) is 0 Å². The van der Waals surface area contributed by atoms with Crippen LogP contribution < -0.4 is 4.74 Å². The van der Waals surface area contributed by atoms with Crippen LogP contribution in [0.4, 0.5) is 4.39 Å². The Labute approximate surface area is 131 Å². The molecule has 0 aliphatic heterocycles. The zero-order chi connectivity index (χ0) is 14.4. The summed E-state index contributed by atoms with van der Waals surface area (Å²) >= 11 is 2.21. The molecule has 104 valence electrons. The average Bonchev–Trinajstić information content (AvgIpc) is 2.46. The van der Waals surface area contributed by atoms with Crippen LogP contribution in [0.5, 0.6) is 5.75 Å². The van der Waals surface area contributed by atoms with Gasteiger partial charge >= 0.3 is 0 Å². The summed E-state index contributed by atoms with van der Waals surface area (Å²) in [6, 6.07) is 13.4. The normalized spacial score (nSPS) is 10.3. The number of ketones is 1. The zero-order valence-electron chi connectivity index (χ0n) is 10.8. The van der Waals surface area contributed by atoms with Crippen LogP contribution in [-0.2, 0) is 0 Å². The summed E-state index contributed by atoms with van der Waals surface area (Å²) in [6.45, 7) is 0.493. The first-order chi connectivity index (χ1) is 9.66. The number of para-hydroxylation sites is 1. The van der Waals surface area contributed by atoms with Gasteiger partial charge in [0.2, 0.25) is 0 Å². The van der Waals surface area contributed by atoms with E-state index in [2.05, 4.69) is 22.6 Å². The summed E-state index contributed by atoms with van der Waals surface area (Å²) in [6.07, 6.45) is 1.04. The maximum absolute atomic E-state index is 12.8. The Hall–Kier alpha value is -1.43. The number of carbonyl (C=O) groups excluding carboxylic acids is 1. The molecule has 0 saturated carbocycles. The summed E-state index contributed by atoms with van der Waals surface area (Å²) in [7, 11) is 0. The van der Waals surface area contributed by atoms with Crippen LogP contribution in [0.25, 0.3) is 0 Å². The van der Waals surface area contributed by atoms with Crippen molar-refractivity contribution in [1.82, 2.24) is 0 Å². The van der Waals surface area contributed by atoms with Gasteiger partial charge in [-0.3, -0.25) is 4.79 Å². The zero-order valence-corrected chi connectivity index (χ0v) is 13.0. The van der Waals surface area contributed by atoms with Crippen LogP contribution in [0, 0.1) is 9.39 Å². The smallest absolute Gasteiger partial charge is 0.163 e. The molecule has 0 heterocycles. The fraction of sp³-hybridized carbons (Fsp3) is 0.188. The predicted octanol–water partition coefficient (Wildman–Crippen LogP) is 4.47. The molecule has 0 aromatic heterocycles. The number of rotatable bonds is 6. The van der Waals surface area contributed by atoms with Crippen molar-refractivity contribution in [3.63, 3.8) is 0 Å². The lowest BCUT2D eigenvalue weighted by Gasteiger charge is -2.07. The lowest BCUT2D eigenvalue weighted by atomic mass is 10.1. The number of hydrogen-bond donors (Lipinski definition) is 0. The fourth-order valence-electron chi connectivity index (χ4n) is 1.76. The Kier molecular flexibility index (Phi) is 5.52. The topological polar surface area (TPSA) is 26.3 Å². The lowest BCUT2D eigenvalue weighted by molar-refractivity contribution is 0.0973. The molecule has 0 amide bonds. The summed E-state index contributed by atoms with van der Waals surface area (Å²) < 4.78 is 19.4. The number of Topliss-reactive ketones (excluding diaryl/α,β-unsaturated/α-hetero) is 1. The molecular formula is C16H14FIO2. The van der Waals surface area contributed by atoms with Gasteiger partial charge < -0.3 is 4.74 Å². The highest BCUT2D eigenvalue weighted by Crippen LogP contribution is 2.20. The first-order valence-corrected chi connectivity index (χ1v) is 7.41. The molecule has 0 radical (unpaired) electrons. The van der Waals surface area contributed by atoms with Gasteiger partial charge in [0, 0.05) is 12.0 Å². The molecule has 4 heteroatoms. The molecule has 0 aliphatic carbocycles. The maximum Gasteiger partial charge on any atom is 0.163 e. The highest BCUT2D eigenvalue weighted by Gasteiger charge is 2.06. The Morgan fingerprint density at radius 1 is 1.10 bits per heavy atom. The molecule has 0 aliphatic rings. The van der Waals surface area contributed by atoms with Crippen molar-refractivity contribution in [1.29, 1.82) is 0 Å². The van der Waals surface area contributed by atoms with Crippen LogP contribution in [-0.4, -0.2) is 12.4 Å². The quantitative estimate of drug-likeness (QED) is 0.417. The third-order valence-electron chi connectivity index (χ3n) is 2.81.